The number of carbonyl (C=O) groups excluding carboxylic acids is 1. The molecule has 6 nitrogen and oxygen atoms in total. The Kier molecular flexibility index (Phi) is 6.03. The normalized spacial score (nSPS) is 14.4. The third-order valence-electron chi connectivity index (χ3n) is 6.54. The number of hydrogen-bond donors (Lipinski definition) is 1. The maximum absolute atomic E-state index is 14.8. The standard InChI is InChI=1S/C27H23F2N3O3/c1-16-25(35-27(34)31-24(17-6-2-7-17)18-8-3-9-19(28)14-18)21-11-4-12-22(29)23(21)26(33)32(16)20-10-5-13-30-15-20/h3-5,8-15,17,24H,2,6-7H2,1H3,(H,31,34)/t24-/m0/s1. The lowest BCUT2D eigenvalue weighted by molar-refractivity contribution is 0.176. The SMILES string of the molecule is Cc1c(OC(=O)N[C@H](c2cccc(F)c2)C2CCC2)c2cccc(F)c2c(=O)n1-c1cccnc1. The van der Waals surface area contributed by atoms with Gasteiger partial charge in [-0.2, -0.15) is 0 Å². The van der Waals surface area contributed by atoms with Crippen molar-refractivity contribution in [3.63, 3.8) is 0 Å². The summed E-state index contributed by atoms with van der Waals surface area (Å²) < 4.78 is 35.7. The summed E-state index contributed by atoms with van der Waals surface area (Å²) in [6.07, 6.45) is 5.11. The number of amides is 1. The van der Waals surface area contributed by atoms with Gasteiger partial charge in [0, 0.05) is 11.6 Å². The first-order chi connectivity index (χ1) is 16.9. The van der Waals surface area contributed by atoms with Gasteiger partial charge in [-0.05, 0) is 61.6 Å². The molecular weight excluding hydrogens is 452 g/mol. The van der Waals surface area contributed by atoms with Crippen molar-refractivity contribution in [1.82, 2.24) is 14.9 Å². The van der Waals surface area contributed by atoms with Crippen LogP contribution in [0, 0.1) is 24.5 Å². The van der Waals surface area contributed by atoms with Crippen molar-refractivity contribution in [2.75, 3.05) is 0 Å². The summed E-state index contributed by atoms with van der Waals surface area (Å²) in [6, 6.07) is 13.2. The molecule has 1 fully saturated rings. The summed E-state index contributed by atoms with van der Waals surface area (Å²) in [5.74, 6) is -0.888. The lowest BCUT2D eigenvalue weighted by atomic mass is 9.77. The minimum absolute atomic E-state index is 0.0621. The summed E-state index contributed by atoms with van der Waals surface area (Å²) in [6.45, 7) is 1.62. The molecule has 2 heterocycles. The van der Waals surface area contributed by atoms with Crippen molar-refractivity contribution in [3.8, 4) is 11.4 Å². The van der Waals surface area contributed by atoms with Gasteiger partial charge in [0.05, 0.1) is 29.0 Å². The highest BCUT2D eigenvalue weighted by Gasteiger charge is 2.31. The van der Waals surface area contributed by atoms with Gasteiger partial charge in [0.2, 0.25) is 0 Å². The summed E-state index contributed by atoms with van der Waals surface area (Å²) in [5.41, 5.74) is 0.808. The van der Waals surface area contributed by atoms with Gasteiger partial charge in [-0.3, -0.25) is 14.3 Å². The van der Waals surface area contributed by atoms with Gasteiger partial charge in [-0.15, -0.1) is 0 Å². The van der Waals surface area contributed by atoms with E-state index in [1.807, 2.05) is 0 Å². The predicted octanol–water partition coefficient (Wildman–Crippen LogP) is 5.60. The molecule has 5 rings (SSSR count). The van der Waals surface area contributed by atoms with Crippen molar-refractivity contribution in [3.05, 3.63) is 100 Å². The van der Waals surface area contributed by atoms with Gasteiger partial charge < -0.3 is 10.1 Å². The second-order valence-corrected chi connectivity index (χ2v) is 8.69. The second kappa shape index (κ2) is 9.29. The molecule has 1 amide bonds. The molecule has 2 aromatic heterocycles. The number of ether oxygens (including phenoxy) is 1. The number of fused-ring (bicyclic) bond motifs is 1. The zero-order valence-corrected chi connectivity index (χ0v) is 19.0. The monoisotopic (exact) mass is 475 g/mol. The minimum Gasteiger partial charge on any atom is -0.408 e. The third kappa shape index (κ3) is 4.27. The van der Waals surface area contributed by atoms with E-state index < -0.39 is 23.5 Å². The Labute approximate surface area is 200 Å². The van der Waals surface area contributed by atoms with Crippen LogP contribution in [0.25, 0.3) is 16.5 Å². The number of rotatable bonds is 5. The van der Waals surface area contributed by atoms with E-state index in [0.29, 0.717) is 16.9 Å². The molecule has 35 heavy (non-hydrogen) atoms. The highest BCUT2D eigenvalue weighted by Crippen LogP contribution is 2.38. The Hall–Kier alpha value is -4.07. The van der Waals surface area contributed by atoms with Crippen LogP contribution in [0.4, 0.5) is 13.6 Å². The highest BCUT2D eigenvalue weighted by molar-refractivity contribution is 5.91. The van der Waals surface area contributed by atoms with Crippen molar-refractivity contribution < 1.29 is 18.3 Å². The zero-order chi connectivity index (χ0) is 24.5. The molecule has 0 saturated heterocycles. The van der Waals surface area contributed by atoms with E-state index in [1.54, 1.807) is 43.5 Å². The Morgan fingerprint density at radius 1 is 1.14 bits per heavy atom. The van der Waals surface area contributed by atoms with E-state index in [-0.39, 0.29) is 28.3 Å². The molecule has 8 heteroatoms. The Balaban J connectivity index is 1.56. The topological polar surface area (TPSA) is 73.2 Å². The number of hydrogen-bond acceptors (Lipinski definition) is 4. The number of halogens is 2. The summed E-state index contributed by atoms with van der Waals surface area (Å²) >= 11 is 0. The third-order valence-corrected chi connectivity index (χ3v) is 6.54. The lowest BCUT2D eigenvalue weighted by Crippen LogP contribution is -2.38. The molecule has 0 bridgehead atoms. The van der Waals surface area contributed by atoms with Crippen LogP contribution in [0.1, 0.15) is 36.6 Å². The highest BCUT2D eigenvalue weighted by atomic mass is 19.1. The number of nitrogens with one attached hydrogen (secondary N) is 1. The predicted molar refractivity (Wildman–Crippen MR) is 128 cm³/mol. The minimum atomic E-state index is -0.767. The number of nitrogens with zero attached hydrogens (tertiary/aromatic N) is 2. The van der Waals surface area contributed by atoms with Gasteiger partial charge in [0.1, 0.15) is 11.6 Å². The van der Waals surface area contributed by atoms with E-state index in [2.05, 4.69) is 10.3 Å². The molecule has 1 aliphatic carbocycles. The molecule has 178 valence electrons. The molecule has 1 atom stereocenters. The maximum Gasteiger partial charge on any atom is 0.413 e. The van der Waals surface area contributed by atoms with Crippen LogP contribution < -0.4 is 15.6 Å². The van der Waals surface area contributed by atoms with Gasteiger partial charge in [0.25, 0.3) is 5.56 Å². The summed E-state index contributed by atoms with van der Waals surface area (Å²) in [5, 5.41) is 2.87. The van der Waals surface area contributed by atoms with Crippen LogP contribution in [0.5, 0.6) is 5.75 Å². The average Bonchev–Trinajstić information content (AvgIpc) is 2.81. The smallest absolute Gasteiger partial charge is 0.408 e. The number of pyridine rings is 2. The van der Waals surface area contributed by atoms with Crippen LogP contribution in [0.15, 0.2) is 71.8 Å². The Bertz CT molecular complexity index is 1470. The molecule has 1 saturated carbocycles. The van der Waals surface area contributed by atoms with Gasteiger partial charge in [0.15, 0.2) is 5.75 Å². The molecule has 2 aromatic carbocycles. The van der Waals surface area contributed by atoms with Gasteiger partial charge in [-0.1, -0.05) is 30.7 Å². The van der Waals surface area contributed by atoms with Crippen molar-refractivity contribution in [2.24, 2.45) is 5.92 Å². The number of carbonyl (C=O) groups is 1. The molecule has 0 aliphatic heterocycles. The fourth-order valence-electron chi connectivity index (χ4n) is 4.61. The Morgan fingerprint density at radius 3 is 2.63 bits per heavy atom. The molecule has 4 aromatic rings. The van der Waals surface area contributed by atoms with Gasteiger partial charge >= 0.3 is 6.09 Å². The zero-order valence-electron chi connectivity index (χ0n) is 19.0. The molecular formula is C27H23F2N3O3. The molecule has 0 radical (unpaired) electrons. The maximum atomic E-state index is 14.8. The van der Waals surface area contributed by atoms with Crippen LogP contribution in [0.3, 0.4) is 0 Å². The molecule has 1 aliphatic rings. The van der Waals surface area contributed by atoms with E-state index in [1.165, 1.54) is 35.0 Å². The lowest BCUT2D eigenvalue weighted by Gasteiger charge is -2.34. The molecule has 0 spiro atoms. The second-order valence-electron chi connectivity index (χ2n) is 8.69. The first-order valence-electron chi connectivity index (χ1n) is 11.4. The van der Waals surface area contributed by atoms with Crippen molar-refractivity contribution in [2.45, 2.75) is 32.2 Å². The number of aromatic nitrogens is 2. The van der Waals surface area contributed by atoms with Crippen LogP contribution >= 0.6 is 0 Å². The summed E-state index contributed by atoms with van der Waals surface area (Å²) in [7, 11) is 0. The van der Waals surface area contributed by atoms with Crippen LogP contribution in [-0.4, -0.2) is 15.6 Å². The largest absolute Gasteiger partial charge is 0.413 e. The van der Waals surface area contributed by atoms with E-state index in [9.17, 15) is 18.4 Å². The number of benzene rings is 2. The van der Waals surface area contributed by atoms with E-state index in [0.717, 1.165) is 19.3 Å². The first kappa shape index (κ1) is 22.7. The fraction of sp³-hybridized carbons (Fsp3) is 0.222. The average molecular weight is 475 g/mol. The van der Waals surface area contributed by atoms with E-state index in [4.69, 9.17) is 4.74 Å². The van der Waals surface area contributed by atoms with Crippen LogP contribution in [-0.2, 0) is 0 Å². The first-order valence-corrected chi connectivity index (χ1v) is 11.4. The molecule has 1 N–H and O–H groups in total. The fourth-order valence-corrected chi connectivity index (χ4v) is 4.61. The van der Waals surface area contributed by atoms with Crippen molar-refractivity contribution in [1.29, 1.82) is 0 Å². The van der Waals surface area contributed by atoms with E-state index >= 15 is 0 Å². The quantitative estimate of drug-likeness (QED) is 0.408. The van der Waals surface area contributed by atoms with Crippen molar-refractivity contribution >= 4 is 16.9 Å². The Morgan fingerprint density at radius 2 is 1.94 bits per heavy atom. The van der Waals surface area contributed by atoms with Crippen LogP contribution in [0.2, 0.25) is 0 Å². The molecule has 0 unspecified atom stereocenters. The van der Waals surface area contributed by atoms with Gasteiger partial charge in [-0.25, -0.2) is 13.6 Å². The summed E-state index contributed by atoms with van der Waals surface area (Å²) in [4.78, 5) is 30.4.